The van der Waals surface area contributed by atoms with Crippen molar-refractivity contribution < 1.29 is 13.7 Å². The maximum absolute atomic E-state index is 13.1. The van der Waals surface area contributed by atoms with Gasteiger partial charge in [-0.05, 0) is 68.2 Å². The zero-order chi connectivity index (χ0) is 20.6. The normalized spacial score (nSPS) is 20.0. The maximum atomic E-state index is 13.1. The number of carbonyl (C=O) groups excluding carboxylic acids is 1. The molecule has 1 aromatic heterocycles. The number of fused-ring (bicyclic) bond motifs is 3. The van der Waals surface area contributed by atoms with Crippen LogP contribution in [0, 0.1) is 0 Å². The molecular formula is C19H22BrN5O3S. The lowest BCUT2D eigenvalue weighted by atomic mass is 9.83. The number of benzene rings is 1. The van der Waals surface area contributed by atoms with Crippen molar-refractivity contribution in [2.75, 3.05) is 11.9 Å². The first-order valence-electron chi connectivity index (χ1n) is 9.61. The maximum Gasteiger partial charge on any atom is 0.354 e. The average molecular weight is 480 g/mol. The molecule has 0 spiro atoms. The van der Waals surface area contributed by atoms with Gasteiger partial charge in [0, 0.05) is 10.2 Å². The minimum Gasteiger partial charge on any atom is -0.474 e. The minimum atomic E-state index is -3.49. The molecule has 0 fully saturated rings. The molecule has 3 aliphatic rings. The molecule has 2 aromatic rings. The van der Waals surface area contributed by atoms with E-state index in [-0.39, 0.29) is 10.4 Å². The highest BCUT2D eigenvalue weighted by Gasteiger charge is 2.37. The fourth-order valence-corrected chi connectivity index (χ4v) is 6.22. The SMILES string of the molecule is CC1(C)COc2c(S(N)(=O)=NC(=O)Nc3c4c(c(Br)c5c3CC5)CCC4)cnn21. The van der Waals surface area contributed by atoms with Gasteiger partial charge < -0.3 is 10.1 Å². The largest absolute Gasteiger partial charge is 0.474 e. The van der Waals surface area contributed by atoms with Gasteiger partial charge >= 0.3 is 6.03 Å². The number of urea groups is 1. The zero-order valence-corrected chi connectivity index (χ0v) is 18.7. The third-order valence-electron chi connectivity index (χ3n) is 5.94. The summed E-state index contributed by atoms with van der Waals surface area (Å²) in [6.45, 7) is 4.30. The molecule has 154 valence electrons. The summed E-state index contributed by atoms with van der Waals surface area (Å²) in [5.74, 6) is 0.313. The standard InChI is InChI=1S/C19H22BrN5O3S/c1-19(2)9-28-17-14(8-22-25(17)19)29(21,27)24-18(26)23-16-12-5-3-4-10(12)15(20)11-6-7-13(11)16/h8H,3-7,9H2,1-2H3,(H3,21,23,24,26,27). The lowest BCUT2D eigenvalue weighted by molar-refractivity contribution is 0.259. The molecule has 10 heteroatoms. The fourth-order valence-electron chi connectivity index (χ4n) is 4.36. The first-order chi connectivity index (χ1) is 13.7. The highest BCUT2D eigenvalue weighted by molar-refractivity contribution is 9.10. The lowest BCUT2D eigenvalue weighted by Gasteiger charge is -2.27. The van der Waals surface area contributed by atoms with Gasteiger partial charge in [-0.1, -0.05) is 15.9 Å². The van der Waals surface area contributed by atoms with E-state index in [0.717, 1.165) is 48.9 Å². The van der Waals surface area contributed by atoms with Crippen LogP contribution < -0.4 is 15.2 Å². The van der Waals surface area contributed by atoms with Gasteiger partial charge in [-0.15, -0.1) is 4.36 Å². The molecule has 0 saturated heterocycles. The van der Waals surface area contributed by atoms with Crippen LogP contribution in [0.25, 0.3) is 0 Å². The third kappa shape index (κ3) is 2.83. The molecule has 0 bridgehead atoms. The van der Waals surface area contributed by atoms with Gasteiger partial charge in [-0.2, -0.15) is 5.10 Å². The number of nitrogens with zero attached hydrogens (tertiary/aromatic N) is 3. The number of nitrogens with one attached hydrogen (secondary N) is 1. The average Bonchev–Trinajstić information content (AvgIpc) is 3.29. The minimum absolute atomic E-state index is 0.146. The number of carbonyl (C=O) groups is 1. The van der Waals surface area contributed by atoms with E-state index in [4.69, 9.17) is 9.88 Å². The zero-order valence-electron chi connectivity index (χ0n) is 16.2. The van der Waals surface area contributed by atoms with E-state index in [1.807, 2.05) is 13.8 Å². The van der Waals surface area contributed by atoms with Gasteiger partial charge in [-0.25, -0.2) is 18.8 Å². The Balaban J connectivity index is 1.49. The van der Waals surface area contributed by atoms with Gasteiger partial charge in [-0.3, -0.25) is 0 Å². The van der Waals surface area contributed by atoms with Crippen LogP contribution in [0.3, 0.4) is 0 Å². The van der Waals surface area contributed by atoms with E-state index in [1.165, 1.54) is 21.8 Å². The second-order valence-electron chi connectivity index (χ2n) is 8.37. The monoisotopic (exact) mass is 479 g/mol. The Bertz CT molecular complexity index is 1190. The molecule has 2 aliphatic carbocycles. The molecule has 0 radical (unpaired) electrons. The molecule has 1 atom stereocenters. The summed E-state index contributed by atoms with van der Waals surface area (Å²) in [7, 11) is -3.49. The summed E-state index contributed by atoms with van der Waals surface area (Å²) in [6.07, 6.45) is 6.24. The topological polar surface area (TPSA) is 112 Å². The first-order valence-corrected chi connectivity index (χ1v) is 12.0. The summed E-state index contributed by atoms with van der Waals surface area (Å²) in [5, 5.41) is 13.1. The van der Waals surface area contributed by atoms with Gasteiger partial charge in [0.25, 0.3) is 0 Å². The number of hydrogen-bond acceptors (Lipinski definition) is 4. The predicted octanol–water partition coefficient (Wildman–Crippen LogP) is 3.29. The number of rotatable bonds is 2. The number of amides is 2. The van der Waals surface area contributed by atoms with E-state index in [2.05, 4.69) is 30.7 Å². The number of hydrogen-bond donors (Lipinski definition) is 2. The summed E-state index contributed by atoms with van der Waals surface area (Å²) >= 11 is 3.72. The molecular weight excluding hydrogens is 458 g/mol. The number of aromatic nitrogens is 2. The van der Waals surface area contributed by atoms with E-state index < -0.39 is 15.9 Å². The molecule has 0 saturated carbocycles. The van der Waals surface area contributed by atoms with Crippen molar-refractivity contribution in [2.24, 2.45) is 9.50 Å². The third-order valence-corrected chi connectivity index (χ3v) is 8.24. The van der Waals surface area contributed by atoms with Crippen LogP contribution in [-0.4, -0.2) is 26.6 Å². The van der Waals surface area contributed by atoms with E-state index in [1.54, 1.807) is 4.68 Å². The van der Waals surface area contributed by atoms with Crippen LogP contribution in [0.5, 0.6) is 5.88 Å². The quantitative estimate of drug-likeness (QED) is 0.687. The van der Waals surface area contributed by atoms with E-state index in [9.17, 15) is 9.00 Å². The molecule has 8 nitrogen and oxygen atoms in total. The van der Waals surface area contributed by atoms with Gasteiger partial charge in [0.05, 0.1) is 11.7 Å². The molecule has 29 heavy (non-hydrogen) atoms. The molecule has 1 aliphatic heterocycles. The molecule has 1 unspecified atom stereocenters. The predicted molar refractivity (Wildman–Crippen MR) is 113 cm³/mol. The van der Waals surface area contributed by atoms with Crippen molar-refractivity contribution in [3.8, 4) is 5.88 Å². The Kier molecular flexibility index (Phi) is 4.14. The Morgan fingerprint density at radius 1 is 1.28 bits per heavy atom. The fraction of sp³-hybridized carbons (Fsp3) is 0.474. The molecule has 2 heterocycles. The number of nitrogens with two attached hydrogens (primary N) is 1. The van der Waals surface area contributed by atoms with Crippen molar-refractivity contribution in [3.63, 3.8) is 0 Å². The smallest absolute Gasteiger partial charge is 0.354 e. The Labute approximate surface area is 177 Å². The van der Waals surface area contributed by atoms with Crippen molar-refractivity contribution in [3.05, 3.63) is 32.9 Å². The number of halogens is 1. The second kappa shape index (κ2) is 6.29. The van der Waals surface area contributed by atoms with Crippen LogP contribution in [0.15, 0.2) is 19.9 Å². The van der Waals surface area contributed by atoms with Crippen molar-refractivity contribution in [2.45, 2.75) is 56.4 Å². The number of anilines is 1. The highest BCUT2D eigenvalue weighted by Crippen LogP contribution is 2.45. The van der Waals surface area contributed by atoms with Crippen molar-refractivity contribution in [1.29, 1.82) is 0 Å². The Morgan fingerprint density at radius 2 is 1.93 bits per heavy atom. The van der Waals surface area contributed by atoms with Gasteiger partial charge in [0.15, 0.2) is 9.92 Å². The summed E-state index contributed by atoms with van der Waals surface area (Å²) in [6, 6.07) is -0.708. The van der Waals surface area contributed by atoms with Crippen LogP contribution in [0.1, 0.15) is 42.5 Å². The Morgan fingerprint density at radius 3 is 2.66 bits per heavy atom. The van der Waals surface area contributed by atoms with Crippen molar-refractivity contribution in [1.82, 2.24) is 9.78 Å². The summed E-state index contributed by atoms with van der Waals surface area (Å²) in [5.41, 5.74) is 5.26. The van der Waals surface area contributed by atoms with Crippen LogP contribution in [-0.2, 0) is 41.1 Å². The lowest BCUT2D eigenvalue weighted by Crippen LogP contribution is -2.26. The molecule has 3 N–H and O–H groups in total. The van der Waals surface area contributed by atoms with Crippen LogP contribution >= 0.6 is 15.9 Å². The van der Waals surface area contributed by atoms with Crippen LogP contribution in [0.4, 0.5) is 10.5 Å². The molecule has 5 rings (SSSR count). The van der Waals surface area contributed by atoms with Crippen LogP contribution in [0.2, 0.25) is 0 Å². The molecule has 2 amide bonds. The summed E-state index contributed by atoms with van der Waals surface area (Å²) < 4.78 is 25.4. The van der Waals surface area contributed by atoms with Crippen molar-refractivity contribution >= 4 is 37.6 Å². The molecule has 1 aromatic carbocycles. The summed E-state index contributed by atoms with van der Waals surface area (Å²) in [4.78, 5) is 12.9. The van der Waals surface area contributed by atoms with E-state index in [0.29, 0.717) is 12.5 Å². The first kappa shape index (κ1) is 19.1. The van der Waals surface area contributed by atoms with Gasteiger partial charge in [0.1, 0.15) is 11.5 Å². The Hall–Kier alpha value is -1.91. The highest BCUT2D eigenvalue weighted by atomic mass is 79.9. The van der Waals surface area contributed by atoms with E-state index >= 15 is 0 Å². The second-order valence-corrected chi connectivity index (χ2v) is 10.9. The van der Waals surface area contributed by atoms with Gasteiger partial charge in [0.2, 0.25) is 5.88 Å². The number of ether oxygens (including phenoxy) is 1.